The number of halogens is 1. The van der Waals surface area contributed by atoms with Gasteiger partial charge in [0.2, 0.25) is 10.0 Å². The number of alkyl halides is 1. The van der Waals surface area contributed by atoms with E-state index in [1.165, 1.54) is 18.2 Å². The molecule has 9 heteroatoms. The van der Waals surface area contributed by atoms with E-state index < -0.39 is 21.7 Å². The van der Waals surface area contributed by atoms with Crippen molar-refractivity contribution >= 4 is 45.0 Å². The summed E-state index contributed by atoms with van der Waals surface area (Å²) in [6.45, 7) is 0. The number of primary sulfonamides is 1. The van der Waals surface area contributed by atoms with Gasteiger partial charge in [0.05, 0.1) is 4.90 Å². The monoisotopic (exact) mass is 469 g/mol. The van der Waals surface area contributed by atoms with Crippen LogP contribution < -0.4 is 20.5 Å². The van der Waals surface area contributed by atoms with Gasteiger partial charge < -0.3 is 15.4 Å². The lowest BCUT2D eigenvalue weighted by Crippen LogP contribution is -2.54. The summed E-state index contributed by atoms with van der Waals surface area (Å²) in [5.41, 5.74) is 1.19. The Morgan fingerprint density at radius 1 is 1.06 bits per heavy atom. The Kier molecular flexibility index (Phi) is 5.92. The Morgan fingerprint density at radius 3 is 2.53 bits per heavy atom. The fourth-order valence-electron chi connectivity index (χ4n) is 3.25. The van der Waals surface area contributed by atoms with Crippen LogP contribution in [0.1, 0.15) is 11.1 Å². The zero-order chi connectivity index (χ0) is 22.8. The Labute approximate surface area is 190 Å². The molecule has 0 saturated carbocycles. The maximum absolute atomic E-state index is 13.4. The molecule has 3 aromatic rings. The third kappa shape index (κ3) is 4.62. The van der Waals surface area contributed by atoms with Gasteiger partial charge in [0, 0.05) is 17.3 Å². The standard InChI is InChI=1S/C23H20ClN3O4S/c24-15-16-8-10-19(11-9-16)31-23(13-12-17-4-1-2-7-21(17)27-23)22(28)26-18-5-3-6-20(14-18)32(25,29)30/h1-14,27H,15H2,(H,26,28)(H2,25,29,30). The van der Waals surface area contributed by atoms with Gasteiger partial charge in [0.25, 0.3) is 11.6 Å². The molecule has 1 heterocycles. The van der Waals surface area contributed by atoms with Crippen molar-refractivity contribution in [2.75, 3.05) is 10.6 Å². The van der Waals surface area contributed by atoms with E-state index in [9.17, 15) is 13.2 Å². The zero-order valence-corrected chi connectivity index (χ0v) is 18.4. The zero-order valence-electron chi connectivity index (χ0n) is 16.8. The van der Waals surface area contributed by atoms with E-state index in [0.29, 0.717) is 17.3 Å². The number of para-hydroxylation sites is 1. The molecule has 1 aliphatic rings. The molecule has 1 aliphatic heterocycles. The number of carbonyl (C=O) groups is 1. The molecule has 0 saturated heterocycles. The summed E-state index contributed by atoms with van der Waals surface area (Å²) in [6.07, 6.45) is 3.41. The van der Waals surface area contributed by atoms with E-state index in [1.807, 2.05) is 36.4 Å². The number of carbonyl (C=O) groups excluding carboxylic acids is 1. The van der Waals surface area contributed by atoms with Gasteiger partial charge in [-0.1, -0.05) is 42.5 Å². The first-order valence-corrected chi connectivity index (χ1v) is 11.7. The number of hydrogen-bond donors (Lipinski definition) is 3. The van der Waals surface area contributed by atoms with Crippen LogP contribution in [0.2, 0.25) is 0 Å². The summed E-state index contributed by atoms with van der Waals surface area (Å²) in [7, 11) is -3.92. The lowest BCUT2D eigenvalue weighted by atomic mass is 10.0. The molecule has 0 bridgehead atoms. The van der Waals surface area contributed by atoms with Gasteiger partial charge in [0.15, 0.2) is 0 Å². The first kappa shape index (κ1) is 21.9. The minimum absolute atomic E-state index is 0.112. The third-order valence-corrected chi connectivity index (χ3v) is 6.11. The van der Waals surface area contributed by atoms with Crippen LogP contribution in [0.4, 0.5) is 11.4 Å². The van der Waals surface area contributed by atoms with Gasteiger partial charge in [-0.3, -0.25) is 4.79 Å². The molecular formula is C23H20ClN3O4S. The van der Waals surface area contributed by atoms with E-state index in [1.54, 1.807) is 30.4 Å². The Hall–Kier alpha value is -3.33. The lowest BCUT2D eigenvalue weighted by molar-refractivity contribution is -0.125. The van der Waals surface area contributed by atoms with Crippen molar-refractivity contribution in [3.8, 4) is 5.75 Å². The van der Waals surface area contributed by atoms with E-state index in [-0.39, 0.29) is 10.6 Å². The van der Waals surface area contributed by atoms with Gasteiger partial charge >= 0.3 is 0 Å². The van der Waals surface area contributed by atoms with E-state index >= 15 is 0 Å². The molecule has 0 fully saturated rings. The van der Waals surface area contributed by atoms with Gasteiger partial charge in [-0.15, -0.1) is 11.6 Å². The molecule has 0 aromatic heterocycles. The predicted octanol–water partition coefficient (Wildman–Crippen LogP) is 3.93. The Morgan fingerprint density at radius 2 is 1.81 bits per heavy atom. The quantitative estimate of drug-likeness (QED) is 0.474. The molecule has 7 nitrogen and oxygen atoms in total. The first-order valence-electron chi connectivity index (χ1n) is 9.64. The normalized spacial score (nSPS) is 17.2. The average molecular weight is 470 g/mol. The minimum atomic E-state index is -3.92. The fraction of sp³-hybridized carbons (Fsp3) is 0.0870. The van der Waals surface area contributed by atoms with Crippen LogP contribution in [0.15, 0.2) is 83.8 Å². The highest BCUT2D eigenvalue weighted by Crippen LogP contribution is 2.32. The van der Waals surface area contributed by atoms with Crippen molar-refractivity contribution in [3.05, 3.63) is 90.0 Å². The van der Waals surface area contributed by atoms with Crippen molar-refractivity contribution in [3.63, 3.8) is 0 Å². The number of benzene rings is 3. The molecule has 0 aliphatic carbocycles. The maximum atomic E-state index is 13.4. The van der Waals surface area contributed by atoms with Gasteiger partial charge in [0.1, 0.15) is 5.75 Å². The van der Waals surface area contributed by atoms with Gasteiger partial charge in [-0.25, -0.2) is 13.6 Å². The van der Waals surface area contributed by atoms with Crippen LogP contribution in [0.5, 0.6) is 5.75 Å². The van der Waals surface area contributed by atoms with Crippen molar-refractivity contribution in [2.45, 2.75) is 16.5 Å². The predicted molar refractivity (Wildman–Crippen MR) is 125 cm³/mol. The van der Waals surface area contributed by atoms with Crippen LogP contribution in [0.3, 0.4) is 0 Å². The summed E-state index contributed by atoms with van der Waals surface area (Å²) >= 11 is 5.86. The molecule has 0 spiro atoms. The molecule has 1 amide bonds. The van der Waals surface area contributed by atoms with Gasteiger partial charge in [-0.2, -0.15) is 0 Å². The number of hydrogen-bond acceptors (Lipinski definition) is 5. The lowest BCUT2D eigenvalue weighted by Gasteiger charge is -2.35. The number of anilines is 2. The van der Waals surface area contributed by atoms with Crippen molar-refractivity contribution in [1.29, 1.82) is 0 Å². The number of ether oxygens (including phenoxy) is 1. The van der Waals surface area contributed by atoms with Crippen LogP contribution in [-0.2, 0) is 20.7 Å². The number of nitrogens with one attached hydrogen (secondary N) is 2. The van der Waals surface area contributed by atoms with E-state index in [2.05, 4.69) is 10.6 Å². The highest BCUT2D eigenvalue weighted by Gasteiger charge is 2.41. The molecule has 1 unspecified atom stereocenters. The minimum Gasteiger partial charge on any atom is -0.455 e. The molecule has 4 N–H and O–H groups in total. The Balaban J connectivity index is 1.69. The summed E-state index contributed by atoms with van der Waals surface area (Å²) in [5, 5.41) is 11.1. The maximum Gasteiger partial charge on any atom is 0.294 e. The smallest absolute Gasteiger partial charge is 0.294 e. The summed E-state index contributed by atoms with van der Waals surface area (Å²) < 4.78 is 29.5. The number of rotatable bonds is 6. The summed E-state index contributed by atoms with van der Waals surface area (Å²) in [5.74, 6) is 0.262. The average Bonchev–Trinajstić information content (AvgIpc) is 2.79. The second-order valence-corrected chi connectivity index (χ2v) is 9.02. The highest BCUT2D eigenvalue weighted by atomic mass is 35.5. The number of nitrogens with two attached hydrogens (primary N) is 1. The topological polar surface area (TPSA) is 111 Å². The van der Waals surface area contributed by atoms with Crippen LogP contribution in [0, 0.1) is 0 Å². The van der Waals surface area contributed by atoms with Gasteiger partial charge in [-0.05, 0) is 53.6 Å². The molecule has 0 radical (unpaired) electrons. The number of sulfonamides is 1. The largest absolute Gasteiger partial charge is 0.455 e. The molecule has 4 rings (SSSR count). The second kappa shape index (κ2) is 8.66. The first-order chi connectivity index (χ1) is 15.3. The molecular weight excluding hydrogens is 450 g/mol. The van der Waals surface area contributed by atoms with Crippen LogP contribution in [0.25, 0.3) is 6.08 Å². The third-order valence-electron chi connectivity index (χ3n) is 4.89. The SMILES string of the molecule is NS(=O)(=O)c1cccc(NC(=O)C2(Oc3ccc(CCl)cc3)C=Cc3ccccc3N2)c1. The fourth-order valence-corrected chi connectivity index (χ4v) is 3.99. The van der Waals surface area contributed by atoms with E-state index in [0.717, 1.165) is 11.1 Å². The molecule has 32 heavy (non-hydrogen) atoms. The molecule has 3 aromatic carbocycles. The van der Waals surface area contributed by atoms with Crippen LogP contribution in [-0.4, -0.2) is 20.0 Å². The molecule has 164 valence electrons. The highest BCUT2D eigenvalue weighted by molar-refractivity contribution is 7.89. The van der Waals surface area contributed by atoms with E-state index in [4.69, 9.17) is 21.5 Å². The van der Waals surface area contributed by atoms with Crippen molar-refractivity contribution in [2.24, 2.45) is 5.14 Å². The summed E-state index contributed by atoms with van der Waals surface area (Å²) in [4.78, 5) is 13.3. The molecule has 1 atom stereocenters. The Bertz CT molecular complexity index is 1290. The number of fused-ring (bicyclic) bond motifs is 1. The number of amides is 1. The van der Waals surface area contributed by atoms with Crippen molar-refractivity contribution in [1.82, 2.24) is 0 Å². The summed E-state index contributed by atoms with van der Waals surface area (Å²) in [6, 6.07) is 20.3. The second-order valence-electron chi connectivity index (χ2n) is 7.19. The van der Waals surface area contributed by atoms with Crippen molar-refractivity contribution < 1.29 is 17.9 Å². The van der Waals surface area contributed by atoms with Crippen LogP contribution >= 0.6 is 11.6 Å².